The van der Waals surface area contributed by atoms with Crippen molar-refractivity contribution in [3.05, 3.63) is 66.7 Å². The average Bonchev–Trinajstić information content (AvgIpc) is 2.81. The summed E-state index contributed by atoms with van der Waals surface area (Å²) in [5.74, 6) is 0.773. The third kappa shape index (κ3) is 6.64. The fraction of sp³-hybridized carbons (Fsp3) is 0.393. The first-order chi connectivity index (χ1) is 16.4. The molecule has 4 rings (SSSR count). The fourth-order valence-corrected chi connectivity index (χ4v) is 4.34. The second-order valence-corrected chi connectivity index (χ2v) is 9.89. The Bertz CT molecular complexity index is 1100. The van der Waals surface area contributed by atoms with Crippen molar-refractivity contribution in [1.29, 1.82) is 0 Å². The number of rotatable bonds is 7. The molecule has 0 saturated carbocycles. The number of carbonyl (C=O) groups excluding carboxylic acids is 1. The van der Waals surface area contributed by atoms with Gasteiger partial charge in [-0.1, -0.05) is 42.5 Å². The van der Waals surface area contributed by atoms with Gasteiger partial charge in [-0.15, -0.1) is 0 Å². The van der Waals surface area contributed by atoms with E-state index in [1.807, 2.05) is 45.0 Å². The van der Waals surface area contributed by atoms with Crippen molar-refractivity contribution in [2.75, 3.05) is 49.5 Å². The first-order valence-corrected chi connectivity index (χ1v) is 12.1. The van der Waals surface area contributed by atoms with Gasteiger partial charge in [0.25, 0.3) is 0 Å². The van der Waals surface area contributed by atoms with Crippen molar-refractivity contribution in [2.24, 2.45) is 0 Å². The van der Waals surface area contributed by atoms with Crippen LogP contribution in [0.15, 0.2) is 66.7 Å². The van der Waals surface area contributed by atoms with Crippen LogP contribution in [0.5, 0.6) is 5.75 Å². The van der Waals surface area contributed by atoms with E-state index in [9.17, 15) is 4.79 Å². The third-order valence-corrected chi connectivity index (χ3v) is 5.95. The SMILES string of the molecule is CC(C)(C)NC(=O)Nc1cccc(OCCCN2CCN(c3cccc4ccccc34)CC2)c1. The maximum Gasteiger partial charge on any atom is 0.319 e. The zero-order valence-corrected chi connectivity index (χ0v) is 20.5. The lowest BCUT2D eigenvalue weighted by Crippen LogP contribution is -2.46. The number of piperazine rings is 1. The Morgan fingerprint density at radius 3 is 2.47 bits per heavy atom. The number of nitrogens with zero attached hydrogens (tertiary/aromatic N) is 2. The molecular formula is C28H36N4O2. The number of carbonyl (C=O) groups is 1. The van der Waals surface area contributed by atoms with Gasteiger partial charge in [0.1, 0.15) is 5.75 Å². The number of fused-ring (bicyclic) bond motifs is 1. The largest absolute Gasteiger partial charge is 0.493 e. The van der Waals surface area contributed by atoms with Crippen molar-refractivity contribution in [2.45, 2.75) is 32.7 Å². The highest BCUT2D eigenvalue weighted by molar-refractivity contribution is 5.94. The predicted molar refractivity (Wildman–Crippen MR) is 141 cm³/mol. The highest BCUT2D eigenvalue weighted by Crippen LogP contribution is 2.27. The minimum absolute atomic E-state index is 0.215. The Labute approximate surface area is 202 Å². The highest BCUT2D eigenvalue weighted by Gasteiger charge is 2.18. The van der Waals surface area contributed by atoms with Gasteiger partial charge < -0.3 is 20.3 Å². The van der Waals surface area contributed by atoms with Gasteiger partial charge in [-0.25, -0.2) is 4.79 Å². The number of anilines is 2. The molecule has 6 nitrogen and oxygen atoms in total. The summed E-state index contributed by atoms with van der Waals surface area (Å²) in [6.45, 7) is 11.7. The molecule has 1 fully saturated rings. The lowest BCUT2D eigenvalue weighted by molar-refractivity contribution is 0.225. The van der Waals surface area contributed by atoms with E-state index in [1.54, 1.807) is 0 Å². The standard InChI is InChI=1S/C28H36N4O2/c1-28(2,3)30-27(33)29-23-11-7-12-24(21-23)34-20-8-15-31-16-18-32(19-17-31)26-14-6-10-22-9-4-5-13-25(22)26/h4-7,9-14,21H,8,15-20H2,1-3H3,(H2,29,30,33). The molecule has 2 N–H and O–H groups in total. The number of urea groups is 1. The molecule has 34 heavy (non-hydrogen) atoms. The molecule has 3 aromatic rings. The maximum atomic E-state index is 12.1. The quantitative estimate of drug-likeness (QED) is 0.467. The van der Waals surface area contributed by atoms with Gasteiger partial charge >= 0.3 is 6.03 Å². The van der Waals surface area contributed by atoms with Crippen molar-refractivity contribution in [1.82, 2.24) is 10.2 Å². The summed E-state index contributed by atoms with van der Waals surface area (Å²) in [5, 5.41) is 8.40. The zero-order chi connectivity index (χ0) is 24.0. The Morgan fingerprint density at radius 1 is 0.941 bits per heavy atom. The molecule has 3 aromatic carbocycles. The van der Waals surface area contributed by atoms with Gasteiger partial charge in [-0.05, 0) is 50.8 Å². The van der Waals surface area contributed by atoms with Crippen LogP contribution >= 0.6 is 0 Å². The molecule has 0 aromatic heterocycles. The average molecular weight is 461 g/mol. The second-order valence-electron chi connectivity index (χ2n) is 9.89. The number of ether oxygens (including phenoxy) is 1. The van der Waals surface area contributed by atoms with Crippen molar-refractivity contribution in [3.8, 4) is 5.75 Å². The first-order valence-electron chi connectivity index (χ1n) is 12.1. The molecule has 0 atom stereocenters. The van der Waals surface area contributed by atoms with Crippen LogP contribution in [-0.4, -0.2) is 55.8 Å². The Balaban J connectivity index is 1.19. The van der Waals surface area contributed by atoms with Crippen LogP contribution in [0.3, 0.4) is 0 Å². The summed E-state index contributed by atoms with van der Waals surface area (Å²) in [7, 11) is 0. The van der Waals surface area contributed by atoms with E-state index in [0.29, 0.717) is 6.61 Å². The molecule has 1 heterocycles. The van der Waals surface area contributed by atoms with Crippen LogP contribution in [0.1, 0.15) is 27.2 Å². The molecular weight excluding hydrogens is 424 g/mol. The normalized spacial score (nSPS) is 14.7. The van der Waals surface area contributed by atoms with E-state index in [2.05, 4.69) is 62.9 Å². The minimum Gasteiger partial charge on any atom is -0.493 e. The molecule has 1 aliphatic rings. The Hall–Kier alpha value is -3.25. The number of hydrogen-bond acceptors (Lipinski definition) is 4. The molecule has 1 saturated heterocycles. The number of benzene rings is 3. The summed E-state index contributed by atoms with van der Waals surface area (Å²) in [6, 6.07) is 22.5. The van der Waals surface area contributed by atoms with Crippen LogP contribution in [0.25, 0.3) is 10.8 Å². The van der Waals surface area contributed by atoms with Crippen LogP contribution in [0, 0.1) is 0 Å². The molecule has 6 heteroatoms. The predicted octanol–water partition coefficient (Wildman–Crippen LogP) is 5.35. The van der Waals surface area contributed by atoms with E-state index in [0.717, 1.165) is 50.6 Å². The van der Waals surface area contributed by atoms with Gasteiger partial charge in [-0.3, -0.25) is 4.90 Å². The van der Waals surface area contributed by atoms with Gasteiger partial charge in [0, 0.05) is 61.1 Å². The zero-order valence-electron chi connectivity index (χ0n) is 20.5. The molecule has 1 aliphatic heterocycles. The lowest BCUT2D eigenvalue weighted by Gasteiger charge is -2.36. The number of amides is 2. The van der Waals surface area contributed by atoms with Crippen LogP contribution in [-0.2, 0) is 0 Å². The fourth-order valence-electron chi connectivity index (χ4n) is 4.34. The van der Waals surface area contributed by atoms with E-state index < -0.39 is 0 Å². The minimum atomic E-state index is -0.279. The molecule has 2 amide bonds. The summed E-state index contributed by atoms with van der Waals surface area (Å²) in [5.41, 5.74) is 1.79. The molecule has 0 spiro atoms. The molecule has 0 radical (unpaired) electrons. The van der Waals surface area contributed by atoms with Crippen molar-refractivity contribution < 1.29 is 9.53 Å². The number of nitrogens with one attached hydrogen (secondary N) is 2. The third-order valence-electron chi connectivity index (χ3n) is 5.95. The molecule has 0 aliphatic carbocycles. The maximum absolute atomic E-state index is 12.1. The van der Waals surface area contributed by atoms with Crippen LogP contribution in [0.4, 0.5) is 16.2 Å². The Kier molecular flexibility index (Phi) is 7.58. The van der Waals surface area contributed by atoms with Crippen molar-refractivity contribution >= 4 is 28.2 Å². The summed E-state index contributed by atoms with van der Waals surface area (Å²) in [4.78, 5) is 17.1. The molecule has 0 unspecified atom stereocenters. The van der Waals surface area contributed by atoms with E-state index >= 15 is 0 Å². The van der Waals surface area contributed by atoms with Crippen LogP contribution < -0.4 is 20.3 Å². The highest BCUT2D eigenvalue weighted by atomic mass is 16.5. The monoisotopic (exact) mass is 460 g/mol. The van der Waals surface area contributed by atoms with Gasteiger partial charge in [0.15, 0.2) is 0 Å². The van der Waals surface area contributed by atoms with Crippen molar-refractivity contribution in [3.63, 3.8) is 0 Å². The van der Waals surface area contributed by atoms with Gasteiger partial charge in [0.2, 0.25) is 0 Å². The lowest BCUT2D eigenvalue weighted by atomic mass is 10.1. The Morgan fingerprint density at radius 2 is 1.68 bits per heavy atom. The van der Waals surface area contributed by atoms with Crippen LogP contribution in [0.2, 0.25) is 0 Å². The molecule has 0 bridgehead atoms. The topological polar surface area (TPSA) is 56.8 Å². The summed E-state index contributed by atoms with van der Waals surface area (Å²) in [6.07, 6.45) is 0.969. The first kappa shape index (κ1) is 23.9. The summed E-state index contributed by atoms with van der Waals surface area (Å²) >= 11 is 0. The summed E-state index contributed by atoms with van der Waals surface area (Å²) < 4.78 is 5.95. The second kappa shape index (κ2) is 10.8. The van der Waals surface area contributed by atoms with E-state index in [1.165, 1.54) is 16.5 Å². The van der Waals surface area contributed by atoms with E-state index in [-0.39, 0.29) is 11.6 Å². The molecule has 180 valence electrons. The smallest absolute Gasteiger partial charge is 0.319 e. The van der Waals surface area contributed by atoms with Gasteiger partial charge in [0.05, 0.1) is 6.61 Å². The number of hydrogen-bond donors (Lipinski definition) is 2. The van der Waals surface area contributed by atoms with E-state index in [4.69, 9.17) is 4.74 Å². The van der Waals surface area contributed by atoms with Gasteiger partial charge in [-0.2, -0.15) is 0 Å².